The topological polar surface area (TPSA) is 8.17 Å². The summed E-state index contributed by atoms with van der Waals surface area (Å²) in [6.45, 7) is 9.49. The second-order valence-electron chi connectivity index (χ2n) is 19.6. The summed E-state index contributed by atoms with van der Waals surface area (Å²) in [5.74, 6) is 0. The number of para-hydroxylation sites is 4. The molecule has 2 nitrogen and oxygen atoms in total. The second-order valence-corrected chi connectivity index (χ2v) is 19.6. The van der Waals surface area contributed by atoms with Crippen molar-refractivity contribution < 1.29 is 0 Å². The third-order valence-corrected chi connectivity index (χ3v) is 15.2. The number of hydrogen-bond acceptors (Lipinski definition) is 1. The van der Waals surface area contributed by atoms with Gasteiger partial charge in [-0.25, -0.2) is 0 Å². The van der Waals surface area contributed by atoms with Crippen molar-refractivity contribution in [3.05, 3.63) is 253 Å². The Morgan fingerprint density at radius 2 is 0.868 bits per heavy atom. The van der Waals surface area contributed by atoms with Gasteiger partial charge in [-0.2, -0.15) is 0 Å². The van der Waals surface area contributed by atoms with Crippen LogP contribution in [0.2, 0.25) is 0 Å². The summed E-state index contributed by atoms with van der Waals surface area (Å²) in [6, 6.07) is 85.7. The van der Waals surface area contributed by atoms with E-state index in [-0.39, 0.29) is 10.8 Å². The van der Waals surface area contributed by atoms with E-state index < -0.39 is 0 Å². The average molecular weight is 871 g/mol. The normalized spacial score (nSPS) is 13.8. The smallest absolute Gasteiger partial charge is 0.0547 e. The minimum absolute atomic E-state index is 0.122. The maximum absolute atomic E-state index is 2.53. The molecular formula is C66H50N2. The number of rotatable bonds is 7. The largest absolute Gasteiger partial charge is 0.309 e. The maximum Gasteiger partial charge on any atom is 0.0547 e. The molecule has 0 aliphatic heterocycles. The standard InChI is InChI=1S/C66H50N2/c1-65(2)56-33-14-9-28-53(56)63-52(31-19-34-57(63)65)51-27-11-16-36-60(51)68(59-35-15-10-25-47(59)44-39-40-50-49-26-8-13-32-55(49)66(3,4)58(50)42-44)46-24-18-21-43(41-46)48-30-20-38-62-64(48)54-29-12-17-37-61(54)67(62)45-22-6-5-7-23-45/h5-42H,1-4H3. The van der Waals surface area contributed by atoms with Gasteiger partial charge in [0.25, 0.3) is 0 Å². The molecule has 10 aromatic carbocycles. The minimum Gasteiger partial charge on any atom is -0.309 e. The van der Waals surface area contributed by atoms with Crippen molar-refractivity contribution in [1.82, 2.24) is 4.57 Å². The molecule has 0 amide bonds. The van der Waals surface area contributed by atoms with Crippen molar-refractivity contribution in [2.75, 3.05) is 4.90 Å². The summed E-state index contributed by atoms with van der Waals surface area (Å²) in [6.07, 6.45) is 0. The molecule has 0 spiro atoms. The van der Waals surface area contributed by atoms with Crippen LogP contribution >= 0.6 is 0 Å². The van der Waals surface area contributed by atoms with Gasteiger partial charge in [-0.05, 0) is 121 Å². The molecule has 1 heterocycles. The quantitative estimate of drug-likeness (QED) is 0.155. The SMILES string of the molecule is CC1(C)c2ccccc2-c2ccc(-c3ccccc3N(c3cccc(-c4cccc5c4c4ccccc4n5-c4ccccc4)c3)c3ccccc3-c3cccc4c3-c3ccccc3C4(C)C)cc21. The zero-order valence-electron chi connectivity index (χ0n) is 38.8. The van der Waals surface area contributed by atoms with E-state index in [9.17, 15) is 0 Å². The van der Waals surface area contributed by atoms with Gasteiger partial charge in [0, 0.05) is 44.1 Å². The fraction of sp³-hybridized carbons (Fsp3) is 0.0909. The zero-order chi connectivity index (χ0) is 45.7. The van der Waals surface area contributed by atoms with Crippen molar-refractivity contribution in [2.24, 2.45) is 0 Å². The van der Waals surface area contributed by atoms with Crippen LogP contribution in [0.5, 0.6) is 0 Å². The zero-order valence-corrected chi connectivity index (χ0v) is 38.8. The molecule has 0 radical (unpaired) electrons. The van der Waals surface area contributed by atoms with Gasteiger partial charge in [0.05, 0.1) is 22.4 Å². The number of benzene rings is 10. The Kier molecular flexibility index (Phi) is 8.95. The molecule has 0 saturated heterocycles. The molecule has 0 unspecified atom stereocenters. The number of nitrogens with zero attached hydrogens (tertiary/aromatic N) is 2. The minimum atomic E-state index is -0.125. The van der Waals surface area contributed by atoms with Gasteiger partial charge < -0.3 is 9.47 Å². The molecule has 0 saturated carbocycles. The summed E-state index contributed by atoms with van der Waals surface area (Å²) >= 11 is 0. The van der Waals surface area contributed by atoms with Crippen LogP contribution in [0.3, 0.4) is 0 Å². The molecule has 11 aromatic rings. The molecule has 324 valence electrons. The molecule has 0 atom stereocenters. The lowest BCUT2D eigenvalue weighted by molar-refractivity contribution is 0.660. The Balaban J connectivity index is 1.05. The van der Waals surface area contributed by atoms with Gasteiger partial charge >= 0.3 is 0 Å². The molecule has 13 rings (SSSR count). The predicted octanol–water partition coefficient (Wildman–Crippen LogP) is 17.9. The first-order chi connectivity index (χ1) is 33.3. The molecule has 0 fully saturated rings. The summed E-state index contributed by atoms with van der Waals surface area (Å²) < 4.78 is 2.41. The van der Waals surface area contributed by atoms with Crippen LogP contribution in [-0.4, -0.2) is 4.57 Å². The molecule has 68 heavy (non-hydrogen) atoms. The summed E-state index contributed by atoms with van der Waals surface area (Å²) in [5, 5.41) is 2.49. The monoisotopic (exact) mass is 870 g/mol. The van der Waals surface area contributed by atoms with Crippen molar-refractivity contribution >= 4 is 38.9 Å². The maximum atomic E-state index is 2.53. The Bertz CT molecular complexity index is 3810. The van der Waals surface area contributed by atoms with Crippen LogP contribution in [0.15, 0.2) is 231 Å². The third kappa shape index (κ3) is 5.90. The number of hydrogen-bond donors (Lipinski definition) is 0. The Morgan fingerprint density at radius 3 is 1.68 bits per heavy atom. The van der Waals surface area contributed by atoms with E-state index in [1.54, 1.807) is 0 Å². The second kappa shape index (κ2) is 15.2. The van der Waals surface area contributed by atoms with Crippen LogP contribution in [0.4, 0.5) is 17.1 Å². The molecule has 2 heteroatoms. The van der Waals surface area contributed by atoms with Gasteiger partial charge in [-0.3, -0.25) is 0 Å². The Hall–Kier alpha value is -8.20. The fourth-order valence-electron chi connectivity index (χ4n) is 12.0. The van der Waals surface area contributed by atoms with E-state index in [2.05, 4.69) is 268 Å². The highest BCUT2D eigenvalue weighted by Gasteiger charge is 2.38. The molecule has 2 aliphatic rings. The van der Waals surface area contributed by atoms with Crippen LogP contribution in [-0.2, 0) is 10.8 Å². The van der Waals surface area contributed by atoms with Crippen LogP contribution in [0.25, 0.3) is 83.1 Å². The molecule has 0 bridgehead atoms. The first-order valence-corrected chi connectivity index (χ1v) is 23.9. The lowest BCUT2D eigenvalue weighted by Crippen LogP contribution is -2.15. The van der Waals surface area contributed by atoms with Gasteiger partial charge in [-0.15, -0.1) is 0 Å². The Labute approximate surface area is 399 Å². The van der Waals surface area contributed by atoms with Gasteiger partial charge in [-0.1, -0.05) is 204 Å². The molecule has 2 aliphatic carbocycles. The van der Waals surface area contributed by atoms with E-state index in [4.69, 9.17) is 0 Å². The summed E-state index contributed by atoms with van der Waals surface area (Å²) in [7, 11) is 0. The highest BCUT2D eigenvalue weighted by molar-refractivity contribution is 6.16. The lowest BCUT2D eigenvalue weighted by atomic mass is 9.81. The van der Waals surface area contributed by atoms with E-state index in [0.717, 1.165) is 28.3 Å². The van der Waals surface area contributed by atoms with Crippen molar-refractivity contribution in [1.29, 1.82) is 0 Å². The van der Waals surface area contributed by atoms with E-state index in [1.807, 2.05) is 0 Å². The van der Waals surface area contributed by atoms with Gasteiger partial charge in [0.2, 0.25) is 0 Å². The average Bonchev–Trinajstić information content (AvgIpc) is 3.94. The first kappa shape index (κ1) is 40.1. The van der Waals surface area contributed by atoms with E-state index >= 15 is 0 Å². The number of anilines is 3. The number of aromatic nitrogens is 1. The van der Waals surface area contributed by atoms with Crippen LogP contribution < -0.4 is 4.90 Å². The van der Waals surface area contributed by atoms with E-state index in [0.29, 0.717) is 0 Å². The van der Waals surface area contributed by atoms with Crippen LogP contribution in [0.1, 0.15) is 49.9 Å². The van der Waals surface area contributed by atoms with Crippen molar-refractivity contribution in [2.45, 2.75) is 38.5 Å². The highest BCUT2D eigenvalue weighted by atomic mass is 15.1. The third-order valence-electron chi connectivity index (χ3n) is 15.2. The predicted molar refractivity (Wildman–Crippen MR) is 287 cm³/mol. The van der Waals surface area contributed by atoms with Gasteiger partial charge in [0.15, 0.2) is 0 Å². The Morgan fingerprint density at radius 1 is 0.338 bits per heavy atom. The molecule has 1 aromatic heterocycles. The summed E-state index contributed by atoms with van der Waals surface area (Å²) in [4.78, 5) is 2.53. The molecule has 0 N–H and O–H groups in total. The van der Waals surface area contributed by atoms with Gasteiger partial charge in [0.1, 0.15) is 0 Å². The lowest BCUT2D eigenvalue weighted by Gasteiger charge is -2.31. The first-order valence-electron chi connectivity index (χ1n) is 23.9. The fourth-order valence-corrected chi connectivity index (χ4v) is 12.0. The number of fused-ring (bicyclic) bond motifs is 9. The van der Waals surface area contributed by atoms with Crippen molar-refractivity contribution in [3.63, 3.8) is 0 Å². The summed E-state index contributed by atoms with van der Waals surface area (Å²) in [5.41, 5.74) is 24.6. The van der Waals surface area contributed by atoms with E-state index in [1.165, 1.54) is 94.1 Å². The molecular weight excluding hydrogens is 821 g/mol. The van der Waals surface area contributed by atoms with Crippen molar-refractivity contribution in [3.8, 4) is 61.3 Å². The van der Waals surface area contributed by atoms with Crippen LogP contribution in [0, 0.1) is 0 Å². The highest BCUT2D eigenvalue weighted by Crippen LogP contribution is 2.55.